The van der Waals surface area contributed by atoms with Gasteiger partial charge in [-0.05, 0) is 43.4 Å². The lowest BCUT2D eigenvalue weighted by Crippen LogP contribution is -2.50. The first kappa shape index (κ1) is 22.9. The van der Waals surface area contributed by atoms with Crippen LogP contribution in [0.15, 0.2) is 29.2 Å². The molecule has 0 saturated carbocycles. The number of thiophene rings is 1. The summed E-state index contributed by atoms with van der Waals surface area (Å²) in [6.45, 7) is 1.21. The molecule has 1 aromatic heterocycles. The van der Waals surface area contributed by atoms with Crippen LogP contribution in [0.5, 0.6) is 0 Å². The minimum Gasteiger partial charge on any atom is -0.315 e. The minimum absolute atomic E-state index is 0.112. The van der Waals surface area contributed by atoms with E-state index in [1.807, 2.05) is 4.90 Å². The van der Waals surface area contributed by atoms with Gasteiger partial charge < -0.3 is 5.32 Å². The van der Waals surface area contributed by atoms with Crippen LogP contribution in [0.2, 0.25) is 0 Å². The maximum atomic E-state index is 14.0. The van der Waals surface area contributed by atoms with Crippen LogP contribution in [0, 0.1) is 17.1 Å². The van der Waals surface area contributed by atoms with E-state index in [4.69, 9.17) is 0 Å². The number of amides is 1. The number of halogens is 1. The summed E-state index contributed by atoms with van der Waals surface area (Å²) in [4.78, 5) is 15.4. The van der Waals surface area contributed by atoms with E-state index >= 15 is 0 Å². The van der Waals surface area contributed by atoms with Gasteiger partial charge in [-0.25, -0.2) is 12.8 Å². The Balaban J connectivity index is 1.36. The number of anilines is 1. The van der Waals surface area contributed by atoms with Crippen LogP contribution < -0.4 is 5.32 Å². The van der Waals surface area contributed by atoms with Crippen LogP contribution in [-0.2, 0) is 27.7 Å². The Morgan fingerprint density at radius 1 is 1.12 bits per heavy atom. The van der Waals surface area contributed by atoms with E-state index in [1.54, 1.807) is 0 Å². The first-order valence-electron chi connectivity index (χ1n) is 10.7. The molecule has 0 radical (unpaired) electrons. The van der Waals surface area contributed by atoms with E-state index in [9.17, 15) is 22.9 Å². The lowest BCUT2D eigenvalue weighted by Gasteiger charge is -2.33. The summed E-state index contributed by atoms with van der Waals surface area (Å²) in [7, 11) is -3.91. The second-order valence-electron chi connectivity index (χ2n) is 8.04. The molecule has 7 nitrogen and oxygen atoms in total. The van der Waals surface area contributed by atoms with Crippen molar-refractivity contribution in [3.8, 4) is 6.07 Å². The predicted octanol–water partition coefficient (Wildman–Crippen LogP) is 2.97. The average Bonchev–Trinajstić information content (AvgIpc) is 2.93. The summed E-state index contributed by atoms with van der Waals surface area (Å²) >= 11 is 1.50. The van der Waals surface area contributed by atoms with Crippen molar-refractivity contribution in [2.45, 2.75) is 37.0 Å². The fourth-order valence-electron chi connectivity index (χ4n) is 4.24. The standard InChI is InChI=1S/C22H25FN4O3S2/c23-18-7-4-5-9-20(18)32(29,30)27-12-10-26(11-13-27)15-21(28)25-22-17(14-24)16-6-2-1-3-8-19(16)31-22/h4-5,7,9H,1-3,6,8,10-13,15H2,(H,25,28). The Morgan fingerprint density at radius 3 is 2.56 bits per heavy atom. The van der Waals surface area contributed by atoms with Crippen molar-refractivity contribution in [1.82, 2.24) is 9.21 Å². The molecule has 0 spiro atoms. The molecule has 1 aliphatic heterocycles. The summed E-state index contributed by atoms with van der Waals surface area (Å²) in [5, 5.41) is 13.1. The third-order valence-electron chi connectivity index (χ3n) is 5.94. The molecule has 2 aromatic rings. The molecule has 4 rings (SSSR count). The Hall–Kier alpha value is -2.32. The molecule has 170 valence electrons. The van der Waals surface area contributed by atoms with Crippen molar-refractivity contribution in [2.24, 2.45) is 0 Å². The molecule has 1 amide bonds. The Labute approximate surface area is 191 Å². The molecule has 0 unspecified atom stereocenters. The van der Waals surface area contributed by atoms with Gasteiger partial charge >= 0.3 is 0 Å². The SMILES string of the molecule is N#Cc1c(NC(=O)CN2CCN(S(=O)(=O)c3ccccc3F)CC2)sc2c1CCCCC2. The van der Waals surface area contributed by atoms with Gasteiger partial charge in [0.1, 0.15) is 21.8 Å². The van der Waals surface area contributed by atoms with Crippen molar-refractivity contribution in [1.29, 1.82) is 5.26 Å². The number of fused-ring (bicyclic) bond motifs is 1. The van der Waals surface area contributed by atoms with Crippen LogP contribution in [0.25, 0.3) is 0 Å². The van der Waals surface area contributed by atoms with Gasteiger partial charge in [-0.1, -0.05) is 18.6 Å². The normalized spacial score (nSPS) is 17.9. The van der Waals surface area contributed by atoms with Crippen molar-refractivity contribution in [3.63, 3.8) is 0 Å². The molecule has 1 N–H and O–H groups in total. The number of nitriles is 1. The van der Waals surface area contributed by atoms with Crippen molar-refractivity contribution >= 4 is 32.3 Å². The number of sulfonamides is 1. The highest BCUT2D eigenvalue weighted by atomic mass is 32.2. The van der Waals surface area contributed by atoms with Crippen LogP contribution in [-0.4, -0.2) is 56.3 Å². The van der Waals surface area contributed by atoms with E-state index in [2.05, 4.69) is 11.4 Å². The van der Waals surface area contributed by atoms with Crippen LogP contribution in [0.3, 0.4) is 0 Å². The number of nitrogens with zero attached hydrogens (tertiary/aromatic N) is 3. The highest BCUT2D eigenvalue weighted by Crippen LogP contribution is 2.37. The molecular formula is C22H25FN4O3S2. The van der Waals surface area contributed by atoms with Crippen molar-refractivity contribution in [2.75, 3.05) is 38.0 Å². The number of piperazine rings is 1. The number of carbonyl (C=O) groups is 1. The van der Waals surface area contributed by atoms with Gasteiger partial charge in [0, 0.05) is 31.1 Å². The lowest BCUT2D eigenvalue weighted by molar-refractivity contribution is -0.117. The molecule has 0 bridgehead atoms. The number of nitrogens with one attached hydrogen (secondary N) is 1. The second kappa shape index (κ2) is 9.67. The highest BCUT2D eigenvalue weighted by molar-refractivity contribution is 7.89. The highest BCUT2D eigenvalue weighted by Gasteiger charge is 2.31. The van der Waals surface area contributed by atoms with Crippen LogP contribution in [0.4, 0.5) is 9.39 Å². The average molecular weight is 477 g/mol. The third-order valence-corrected chi connectivity index (χ3v) is 9.08. The minimum atomic E-state index is -3.91. The van der Waals surface area contributed by atoms with Crippen LogP contribution >= 0.6 is 11.3 Å². The molecular weight excluding hydrogens is 451 g/mol. The van der Waals surface area contributed by atoms with Crippen LogP contribution in [0.1, 0.15) is 35.3 Å². The zero-order chi connectivity index (χ0) is 22.7. The third kappa shape index (κ3) is 4.71. The summed E-state index contributed by atoms with van der Waals surface area (Å²) in [5.74, 6) is -0.986. The van der Waals surface area contributed by atoms with Gasteiger partial charge in [0.15, 0.2) is 0 Å². The van der Waals surface area contributed by atoms with Gasteiger partial charge in [0.25, 0.3) is 0 Å². The number of carbonyl (C=O) groups excluding carboxylic acids is 1. The largest absolute Gasteiger partial charge is 0.315 e. The number of benzene rings is 1. The summed E-state index contributed by atoms with van der Waals surface area (Å²) < 4.78 is 40.7. The first-order chi connectivity index (χ1) is 15.4. The number of hydrogen-bond donors (Lipinski definition) is 1. The zero-order valence-electron chi connectivity index (χ0n) is 17.6. The predicted molar refractivity (Wildman–Crippen MR) is 121 cm³/mol. The molecule has 0 atom stereocenters. The second-order valence-corrected chi connectivity index (χ2v) is 11.1. The Bertz CT molecular complexity index is 1150. The summed E-state index contributed by atoms with van der Waals surface area (Å²) in [6, 6.07) is 7.61. The van der Waals surface area contributed by atoms with Crippen molar-refractivity contribution in [3.05, 3.63) is 46.1 Å². The number of hydrogen-bond acceptors (Lipinski definition) is 6. The summed E-state index contributed by atoms with van der Waals surface area (Å²) in [6.07, 6.45) is 5.15. The van der Waals surface area contributed by atoms with E-state index in [0.717, 1.165) is 43.7 Å². The van der Waals surface area contributed by atoms with E-state index in [-0.39, 0.29) is 30.4 Å². The lowest BCUT2D eigenvalue weighted by atomic mass is 10.1. The number of rotatable bonds is 5. The fraction of sp³-hybridized carbons (Fsp3) is 0.455. The molecule has 1 saturated heterocycles. The zero-order valence-corrected chi connectivity index (χ0v) is 19.3. The molecule has 1 aliphatic carbocycles. The van der Waals surface area contributed by atoms with E-state index in [1.165, 1.54) is 38.7 Å². The van der Waals surface area contributed by atoms with Gasteiger partial charge in [-0.15, -0.1) is 11.3 Å². The van der Waals surface area contributed by atoms with Gasteiger partial charge in [-0.3, -0.25) is 9.69 Å². The monoisotopic (exact) mass is 476 g/mol. The molecule has 10 heteroatoms. The smallest absolute Gasteiger partial charge is 0.246 e. The van der Waals surface area contributed by atoms with E-state index in [0.29, 0.717) is 23.7 Å². The maximum absolute atomic E-state index is 14.0. The topological polar surface area (TPSA) is 93.5 Å². The first-order valence-corrected chi connectivity index (χ1v) is 13.0. The van der Waals surface area contributed by atoms with Gasteiger partial charge in [-0.2, -0.15) is 9.57 Å². The van der Waals surface area contributed by atoms with E-state index < -0.39 is 15.8 Å². The molecule has 1 fully saturated rings. The van der Waals surface area contributed by atoms with Crippen molar-refractivity contribution < 1.29 is 17.6 Å². The Morgan fingerprint density at radius 2 is 1.84 bits per heavy atom. The maximum Gasteiger partial charge on any atom is 0.246 e. The fourth-order valence-corrected chi connectivity index (χ4v) is 6.98. The molecule has 2 aliphatic rings. The van der Waals surface area contributed by atoms with Gasteiger partial charge in [0.05, 0.1) is 12.1 Å². The molecule has 1 aromatic carbocycles. The number of aryl methyl sites for hydroxylation is 1. The molecule has 32 heavy (non-hydrogen) atoms. The quantitative estimate of drug-likeness (QED) is 0.670. The van der Waals surface area contributed by atoms with Gasteiger partial charge in [0.2, 0.25) is 15.9 Å². The Kier molecular flexibility index (Phi) is 6.90. The molecule has 2 heterocycles. The summed E-state index contributed by atoms with van der Waals surface area (Å²) in [5.41, 5.74) is 1.67.